The molecule has 0 atom stereocenters. The van der Waals surface area contributed by atoms with E-state index in [9.17, 15) is 9.59 Å². The van der Waals surface area contributed by atoms with E-state index < -0.39 is 5.97 Å². The Morgan fingerprint density at radius 3 is 2.46 bits per heavy atom. The third-order valence-electron chi connectivity index (χ3n) is 2.98. The van der Waals surface area contributed by atoms with Crippen LogP contribution in [-0.2, 0) is 20.9 Å². The molecule has 0 heterocycles. The number of nitrogens with one attached hydrogen (secondary N) is 1. The molecule has 2 rings (SSSR count). The number of carbonyl (C=O) groups is 2. The maximum Gasteiger partial charge on any atom is 0.331 e. The molecule has 0 saturated heterocycles. The lowest BCUT2D eigenvalue weighted by Gasteiger charge is -2.06. The van der Waals surface area contributed by atoms with Crippen LogP contribution >= 0.6 is 23.2 Å². The van der Waals surface area contributed by atoms with Crippen molar-refractivity contribution in [2.75, 3.05) is 6.61 Å². The van der Waals surface area contributed by atoms with Crippen LogP contribution in [0.5, 0.6) is 0 Å². The van der Waals surface area contributed by atoms with Gasteiger partial charge in [-0.25, -0.2) is 4.79 Å². The first-order valence-corrected chi connectivity index (χ1v) is 7.90. The van der Waals surface area contributed by atoms with Gasteiger partial charge in [-0.3, -0.25) is 4.79 Å². The molecule has 0 unspecified atom stereocenters. The minimum absolute atomic E-state index is 0.315. The highest BCUT2D eigenvalue weighted by atomic mass is 35.5. The molecule has 0 fully saturated rings. The fourth-order valence-corrected chi connectivity index (χ4v) is 2.27. The Balaban J connectivity index is 1.74. The zero-order chi connectivity index (χ0) is 17.4. The standard InChI is InChI=1S/C18H15Cl2NO3/c19-15-5-1-3-13(9-15)7-8-18(23)24-12-17(22)21-11-14-4-2-6-16(20)10-14/h1-10H,11-12H2,(H,21,22)/b8-7+. The summed E-state index contributed by atoms with van der Waals surface area (Å²) in [4.78, 5) is 23.2. The fraction of sp³-hybridized carbons (Fsp3) is 0.111. The average molecular weight is 364 g/mol. The minimum atomic E-state index is -0.604. The van der Waals surface area contributed by atoms with E-state index in [0.29, 0.717) is 16.6 Å². The van der Waals surface area contributed by atoms with Crippen molar-refractivity contribution in [3.05, 3.63) is 75.8 Å². The van der Waals surface area contributed by atoms with E-state index in [0.717, 1.165) is 11.1 Å². The molecule has 1 N–H and O–H groups in total. The second kappa shape index (κ2) is 9.11. The summed E-state index contributed by atoms with van der Waals surface area (Å²) in [5.41, 5.74) is 1.63. The zero-order valence-electron chi connectivity index (χ0n) is 12.7. The van der Waals surface area contributed by atoms with Crippen molar-refractivity contribution in [2.45, 2.75) is 6.54 Å². The van der Waals surface area contributed by atoms with Gasteiger partial charge in [0.15, 0.2) is 6.61 Å². The lowest BCUT2D eigenvalue weighted by Crippen LogP contribution is -2.28. The topological polar surface area (TPSA) is 55.4 Å². The molecule has 1 amide bonds. The highest BCUT2D eigenvalue weighted by Gasteiger charge is 2.05. The summed E-state index contributed by atoms with van der Waals surface area (Å²) in [6, 6.07) is 14.2. The van der Waals surface area contributed by atoms with Gasteiger partial charge in [0.2, 0.25) is 0 Å². The Morgan fingerprint density at radius 2 is 1.75 bits per heavy atom. The molecule has 2 aromatic carbocycles. The van der Waals surface area contributed by atoms with Crippen molar-refractivity contribution in [1.29, 1.82) is 0 Å². The molecule has 0 spiro atoms. The van der Waals surface area contributed by atoms with E-state index in [-0.39, 0.29) is 12.5 Å². The molecular formula is C18H15Cl2NO3. The minimum Gasteiger partial charge on any atom is -0.452 e. The van der Waals surface area contributed by atoms with Gasteiger partial charge in [0.25, 0.3) is 5.91 Å². The summed E-state index contributed by atoms with van der Waals surface area (Å²) in [5, 5.41) is 3.82. The van der Waals surface area contributed by atoms with E-state index in [4.69, 9.17) is 27.9 Å². The van der Waals surface area contributed by atoms with Crippen LogP contribution in [0.4, 0.5) is 0 Å². The number of carbonyl (C=O) groups excluding carboxylic acids is 2. The van der Waals surface area contributed by atoms with E-state index in [1.165, 1.54) is 6.08 Å². The van der Waals surface area contributed by atoms with Gasteiger partial charge in [-0.2, -0.15) is 0 Å². The molecule has 0 aliphatic carbocycles. The molecule has 2 aromatic rings. The molecule has 6 heteroatoms. The summed E-state index contributed by atoms with van der Waals surface area (Å²) < 4.78 is 4.87. The maximum atomic E-state index is 11.7. The van der Waals surface area contributed by atoms with Gasteiger partial charge in [0.05, 0.1) is 0 Å². The highest BCUT2D eigenvalue weighted by molar-refractivity contribution is 6.31. The Bertz CT molecular complexity index is 759. The Kier molecular flexibility index (Phi) is 6.85. The molecule has 0 aromatic heterocycles. The summed E-state index contributed by atoms with van der Waals surface area (Å²) in [6.45, 7) is -0.0332. The van der Waals surface area contributed by atoms with Gasteiger partial charge < -0.3 is 10.1 Å². The SMILES string of the molecule is O=C(COC(=O)/C=C/c1cccc(Cl)c1)NCc1cccc(Cl)c1. The van der Waals surface area contributed by atoms with Crippen LogP contribution in [0.15, 0.2) is 54.6 Å². The van der Waals surface area contributed by atoms with Gasteiger partial charge >= 0.3 is 5.97 Å². The van der Waals surface area contributed by atoms with E-state index in [1.807, 2.05) is 6.07 Å². The maximum absolute atomic E-state index is 11.7. The van der Waals surface area contributed by atoms with Crippen LogP contribution < -0.4 is 5.32 Å². The first-order valence-electron chi connectivity index (χ1n) is 7.14. The van der Waals surface area contributed by atoms with Gasteiger partial charge in [-0.05, 0) is 41.5 Å². The van der Waals surface area contributed by atoms with Crippen molar-refractivity contribution in [3.63, 3.8) is 0 Å². The molecule has 0 radical (unpaired) electrons. The van der Waals surface area contributed by atoms with Crippen LogP contribution in [0, 0.1) is 0 Å². The molecular weight excluding hydrogens is 349 g/mol. The van der Waals surface area contributed by atoms with Crippen LogP contribution in [0.25, 0.3) is 6.08 Å². The Morgan fingerprint density at radius 1 is 1.04 bits per heavy atom. The second-order valence-electron chi connectivity index (χ2n) is 4.90. The van der Waals surface area contributed by atoms with Crippen molar-refractivity contribution in [1.82, 2.24) is 5.32 Å². The summed E-state index contributed by atoms with van der Waals surface area (Å²) in [7, 11) is 0. The summed E-state index contributed by atoms with van der Waals surface area (Å²) in [6.07, 6.45) is 2.81. The smallest absolute Gasteiger partial charge is 0.331 e. The zero-order valence-corrected chi connectivity index (χ0v) is 14.2. The first kappa shape index (κ1) is 18.0. The number of hydrogen-bond acceptors (Lipinski definition) is 3. The van der Waals surface area contributed by atoms with Crippen molar-refractivity contribution in [2.24, 2.45) is 0 Å². The Hall–Kier alpha value is -2.30. The van der Waals surface area contributed by atoms with Crippen LogP contribution in [-0.4, -0.2) is 18.5 Å². The number of hydrogen-bond donors (Lipinski definition) is 1. The summed E-state index contributed by atoms with van der Waals surface area (Å²) in [5.74, 6) is -0.993. The van der Waals surface area contributed by atoms with Crippen LogP contribution in [0.3, 0.4) is 0 Å². The molecule has 0 bridgehead atoms. The lowest BCUT2D eigenvalue weighted by atomic mass is 10.2. The van der Waals surface area contributed by atoms with E-state index in [2.05, 4.69) is 5.32 Å². The average Bonchev–Trinajstić information content (AvgIpc) is 2.56. The summed E-state index contributed by atoms with van der Waals surface area (Å²) >= 11 is 11.7. The predicted octanol–water partition coefficient (Wildman–Crippen LogP) is 3.87. The van der Waals surface area contributed by atoms with Crippen molar-refractivity contribution < 1.29 is 14.3 Å². The third kappa shape index (κ3) is 6.44. The Labute approximate surface area is 150 Å². The fourth-order valence-electron chi connectivity index (χ4n) is 1.86. The number of ether oxygens (including phenoxy) is 1. The lowest BCUT2D eigenvalue weighted by molar-refractivity contribution is -0.143. The van der Waals surface area contributed by atoms with Crippen molar-refractivity contribution >= 4 is 41.2 Å². The second-order valence-corrected chi connectivity index (χ2v) is 5.78. The highest BCUT2D eigenvalue weighted by Crippen LogP contribution is 2.12. The molecule has 0 aliphatic rings. The van der Waals surface area contributed by atoms with Gasteiger partial charge in [-0.15, -0.1) is 0 Å². The first-order chi connectivity index (χ1) is 11.5. The van der Waals surface area contributed by atoms with Gasteiger partial charge in [-0.1, -0.05) is 47.5 Å². The van der Waals surface area contributed by atoms with Gasteiger partial charge in [0.1, 0.15) is 0 Å². The number of halogens is 2. The number of benzene rings is 2. The van der Waals surface area contributed by atoms with E-state index in [1.54, 1.807) is 48.5 Å². The third-order valence-corrected chi connectivity index (χ3v) is 3.45. The predicted molar refractivity (Wildman–Crippen MR) is 94.7 cm³/mol. The normalized spacial score (nSPS) is 10.6. The molecule has 24 heavy (non-hydrogen) atoms. The number of rotatable bonds is 6. The van der Waals surface area contributed by atoms with Crippen molar-refractivity contribution in [3.8, 4) is 0 Å². The quantitative estimate of drug-likeness (QED) is 0.626. The molecule has 0 saturated carbocycles. The molecule has 124 valence electrons. The van der Waals surface area contributed by atoms with Gasteiger partial charge in [0, 0.05) is 22.7 Å². The molecule has 0 aliphatic heterocycles. The van der Waals surface area contributed by atoms with Crippen LogP contribution in [0.2, 0.25) is 10.0 Å². The number of esters is 1. The van der Waals surface area contributed by atoms with Crippen LogP contribution in [0.1, 0.15) is 11.1 Å². The monoisotopic (exact) mass is 363 g/mol. The molecule has 4 nitrogen and oxygen atoms in total. The largest absolute Gasteiger partial charge is 0.452 e. The van der Waals surface area contributed by atoms with E-state index >= 15 is 0 Å². The number of amides is 1.